The molecule has 0 spiro atoms. The second kappa shape index (κ2) is 7.56. The topological polar surface area (TPSA) is 64.0 Å². The van der Waals surface area contributed by atoms with E-state index < -0.39 is 29.8 Å². The van der Waals surface area contributed by atoms with Crippen molar-refractivity contribution in [3.63, 3.8) is 0 Å². The Kier molecular flexibility index (Phi) is 4.94. The van der Waals surface area contributed by atoms with Gasteiger partial charge in [0, 0.05) is 10.4 Å². The second-order valence-corrected chi connectivity index (χ2v) is 7.61. The van der Waals surface area contributed by atoms with Crippen molar-refractivity contribution in [3.05, 3.63) is 81.7 Å². The van der Waals surface area contributed by atoms with E-state index in [1.54, 1.807) is 0 Å². The summed E-state index contributed by atoms with van der Waals surface area (Å²) in [5.74, 6) is -2.51. The molecule has 0 fully saturated rings. The summed E-state index contributed by atoms with van der Waals surface area (Å²) in [4.78, 5) is 31.2. The molecule has 146 valence electrons. The van der Waals surface area contributed by atoms with Crippen LogP contribution in [-0.2, 0) is 11.3 Å². The first-order chi connectivity index (χ1) is 14.0. The molecule has 2 aromatic heterocycles. The maximum atomic E-state index is 13.7. The van der Waals surface area contributed by atoms with E-state index in [2.05, 4.69) is 10.3 Å². The van der Waals surface area contributed by atoms with E-state index in [4.69, 9.17) is 0 Å². The Hall–Kier alpha value is -3.39. The van der Waals surface area contributed by atoms with Crippen molar-refractivity contribution in [2.45, 2.75) is 13.5 Å². The van der Waals surface area contributed by atoms with Crippen LogP contribution in [0.2, 0.25) is 0 Å². The Bertz CT molecular complexity index is 1260. The number of para-hydroxylation sites is 1. The van der Waals surface area contributed by atoms with E-state index in [0.29, 0.717) is 10.2 Å². The third-order valence-electron chi connectivity index (χ3n) is 4.46. The highest BCUT2D eigenvalue weighted by Gasteiger charge is 2.18. The number of hydrogen-bond donors (Lipinski definition) is 1. The fourth-order valence-corrected chi connectivity index (χ4v) is 4.16. The van der Waals surface area contributed by atoms with Gasteiger partial charge in [0.25, 0.3) is 5.56 Å². The molecule has 0 saturated carbocycles. The zero-order valence-electron chi connectivity index (χ0n) is 15.3. The Morgan fingerprint density at radius 1 is 1.10 bits per heavy atom. The van der Waals surface area contributed by atoms with E-state index in [9.17, 15) is 18.4 Å². The predicted octanol–water partition coefficient (Wildman–Crippen LogP) is 4.35. The molecule has 4 rings (SSSR count). The number of fused-ring (bicyclic) bond motifs is 1. The largest absolute Gasteiger partial charge is 0.320 e. The molecule has 0 unspecified atom stereocenters. The molecule has 0 radical (unpaired) electrons. The monoisotopic (exact) mass is 411 g/mol. The van der Waals surface area contributed by atoms with Crippen LogP contribution in [0.1, 0.15) is 4.88 Å². The molecule has 8 heteroatoms. The summed E-state index contributed by atoms with van der Waals surface area (Å²) in [7, 11) is 0. The maximum absolute atomic E-state index is 13.7. The Labute approximate surface area is 168 Å². The smallest absolute Gasteiger partial charge is 0.263 e. The number of hydrogen-bond acceptors (Lipinski definition) is 4. The number of aromatic nitrogens is 2. The van der Waals surface area contributed by atoms with Gasteiger partial charge in [0.2, 0.25) is 5.91 Å². The molecule has 0 bridgehead atoms. The third-order valence-corrected chi connectivity index (χ3v) is 5.47. The van der Waals surface area contributed by atoms with E-state index >= 15 is 0 Å². The fourth-order valence-electron chi connectivity index (χ4n) is 3.15. The van der Waals surface area contributed by atoms with Crippen LogP contribution in [0.4, 0.5) is 14.5 Å². The molecule has 0 aliphatic heterocycles. The molecule has 1 N–H and O–H groups in total. The molecule has 2 heterocycles. The van der Waals surface area contributed by atoms with Crippen molar-refractivity contribution in [1.82, 2.24) is 9.55 Å². The van der Waals surface area contributed by atoms with Gasteiger partial charge in [-0.1, -0.05) is 36.4 Å². The number of rotatable bonds is 4. The number of carbonyl (C=O) groups excluding carboxylic acids is 1. The summed E-state index contributed by atoms with van der Waals surface area (Å²) < 4.78 is 28.6. The van der Waals surface area contributed by atoms with Crippen LogP contribution in [0.25, 0.3) is 21.3 Å². The lowest BCUT2D eigenvalue weighted by molar-refractivity contribution is -0.116. The van der Waals surface area contributed by atoms with Gasteiger partial charge < -0.3 is 5.32 Å². The summed E-state index contributed by atoms with van der Waals surface area (Å²) in [5.41, 5.74) is 0.724. The van der Waals surface area contributed by atoms with Gasteiger partial charge in [-0.3, -0.25) is 14.2 Å². The molecule has 5 nitrogen and oxygen atoms in total. The summed E-state index contributed by atoms with van der Waals surface area (Å²) in [6.45, 7) is 1.49. The molecule has 4 aromatic rings. The first kappa shape index (κ1) is 18.9. The van der Waals surface area contributed by atoms with Gasteiger partial charge in [-0.2, -0.15) is 0 Å². The number of nitrogens with zero attached hydrogens (tertiary/aromatic N) is 2. The minimum atomic E-state index is -0.890. The summed E-state index contributed by atoms with van der Waals surface area (Å²) >= 11 is 1.40. The maximum Gasteiger partial charge on any atom is 0.263 e. The summed E-state index contributed by atoms with van der Waals surface area (Å²) in [5, 5.41) is 2.60. The van der Waals surface area contributed by atoms with Gasteiger partial charge in [-0.15, -0.1) is 11.3 Å². The first-order valence-electron chi connectivity index (χ1n) is 8.73. The Balaban J connectivity index is 1.71. The average Bonchev–Trinajstić information content (AvgIpc) is 3.04. The van der Waals surface area contributed by atoms with Crippen molar-refractivity contribution in [3.8, 4) is 11.1 Å². The molecule has 1 amide bonds. The van der Waals surface area contributed by atoms with Crippen LogP contribution in [0, 0.1) is 18.6 Å². The predicted molar refractivity (Wildman–Crippen MR) is 109 cm³/mol. The van der Waals surface area contributed by atoms with Crippen molar-refractivity contribution in [1.29, 1.82) is 0 Å². The zero-order chi connectivity index (χ0) is 20.5. The first-order valence-corrected chi connectivity index (χ1v) is 9.55. The normalized spacial score (nSPS) is 11.0. The zero-order valence-corrected chi connectivity index (χ0v) is 16.1. The van der Waals surface area contributed by atoms with Gasteiger partial charge in [-0.25, -0.2) is 13.8 Å². The number of nitrogens with one attached hydrogen (secondary N) is 1. The van der Waals surface area contributed by atoms with E-state index in [1.807, 2.05) is 37.3 Å². The van der Waals surface area contributed by atoms with Crippen LogP contribution < -0.4 is 10.9 Å². The standard InChI is InChI=1S/C21H15F2N3O2S/c1-12-17(13-6-3-2-4-7-13)18-20(29-12)24-11-26(21(18)28)10-16(27)25-19-14(22)8-5-9-15(19)23/h2-9,11H,10H2,1H3,(H,25,27). The number of anilines is 1. The highest BCUT2D eigenvalue weighted by atomic mass is 32.1. The van der Waals surface area contributed by atoms with Crippen molar-refractivity contribution in [2.24, 2.45) is 0 Å². The number of benzene rings is 2. The van der Waals surface area contributed by atoms with Gasteiger partial charge >= 0.3 is 0 Å². The van der Waals surface area contributed by atoms with Crippen LogP contribution in [0.3, 0.4) is 0 Å². The highest BCUT2D eigenvalue weighted by molar-refractivity contribution is 7.19. The van der Waals surface area contributed by atoms with E-state index in [-0.39, 0.29) is 5.56 Å². The van der Waals surface area contributed by atoms with Crippen molar-refractivity contribution in [2.75, 3.05) is 5.32 Å². The van der Waals surface area contributed by atoms with Crippen LogP contribution in [0.15, 0.2) is 59.7 Å². The van der Waals surface area contributed by atoms with Crippen LogP contribution >= 0.6 is 11.3 Å². The molecular formula is C21H15F2N3O2S. The lowest BCUT2D eigenvalue weighted by Gasteiger charge is -2.09. The SMILES string of the molecule is Cc1sc2ncn(CC(=O)Nc3c(F)cccc3F)c(=O)c2c1-c1ccccc1. The van der Waals surface area contributed by atoms with Crippen LogP contribution in [0.5, 0.6) is 0 Å². The summed E-state index contributed by atoms with van der Waals surface area (Å²) in [6, 6.07) is 12.7. The molecular weight excluding hydrogens is 396 g/mol. The average molecular weight is 411 g/mol. The lowest BCUT2D eigenvalue weighted by Crippen LogP contribution is -2.28. The number of amides is 1. The lowest BCUT2D eigenvalue weighted by atomic mass is 10.0. The van der Waals surface area contributed by atoms with Crippen molar-refractivity contribution < 1.29 is 13.6 Å². The fraction of sp³-hybridized carbons (Fsp3) is 0.0952. The number of halogens is 2. The van der Waals surface area contributed by atoms with Gasteiger partial charge in [0.1, 0.15) is 28.7 Å². The molecule has 0 aliphatic carbocycles. The van der Waals surface area contributed by atoms with Crippen LogP contribution in [-0.4, -0.2) is 15.5 Å². The number of thiophene rings is 1. The Morgan fingerprint density at radius 2 is 1.79 bits per heavy atom. The summed E-state index contributed by atoms with van der Waals surface area (Å²) in [6.07, 6.45) is 1.27. The molecule has 29 heavy (non-hydrogen) atoms. The molecule has 0 atom stereocenters. The minimum Gasteiger partial charge on any atom is -0.320 e. The molecule has 2 aromatic carbocycles. The van der Waals surface area contributed by atoms with Crippen molar-refractivity contribution >= 4 is 33.1 Å². The minimum absolute atomic E-state index is 0.387. The van der Waals surface area contributed by atoms with Gasteiger partial charge in [-0.05, 0) is 24.6 Å². The second-order valence-electron chi connectivity index (χ2n) is 6.40. The van der Waals surface area contributed by atoms with E-state index in [1.165, 1.54) is 23.7 Å². The Morgan fingerprint density at radius 3 is 2.48 bits per heavy atom. The third kappa shape index (κ3) is 3.54. The van der Waals surface area contributed by atoms with Gasteiger partial charge in [0.05, 0.1) is 11.7 Å². The number of carbonyl (C=O) groups is 1. The quantitative estimate of drug-likeness (QED) is 0.543. The highest BCUT2D eigenvalue weighted by Crippen LogP contribution is 2.35. The van der Waals surface area contributed by atoms with Gasteiger partial charge in [0.15, 0.2) is 0 Å². The number of aryl methyl sites for hydroxylation is 1. The molecule has 0 aliphatic rings. The molecule has 0 saturated heterocycles. The van der Waals surface area contributed by atoms with E-state index in [0.717, 1.165) is 32.7 Å².